The number of hydrogen-bond acceptors (Lipinski definition) is 19. The lowest BCUT2D eigenvalue weighted by Crippen LogP contribution is -2.49. The van der Waals surface area contributed by atoms with Gasteiger partial charge in [0.05, 0.1) is 25.4 Å². The third-order valence-corrected chi connectivity index (χ3v) is 14.6. The first-order valence-corrected chi connectivity index (χ1v) is 28.4. The number of fused-ring (bicyclic) bond motifs is 3. The van der Waals surface area contributed by atoms with Crippen molar-refractivity contribution in [3.05, 3.63) is 59.2 Å². The molecule has 3 rings (SSSR count). The van der Waals surface area contributed by atoms with Crippen LogP contribution in [0, 0.1) is 5.92 Å². The predicted molar refractivity (Wildman–Crippen MR) is 264 cm³/mol. The van der Waals surface area contributed by atoms with E-state index >= 15 is 0 Å². The Morgan fingerprint density at radius 2 is 1.54 bits per heavy atom. The van der Waals surface area contributed by atoms with E-state index < -0.39 is 121 Å². The van der Waals surface area contributed by atoms with Gasteiger partial charge < -0.3 is 60.0 Å². The molecule has 1 aromatic rings. The number of ether oxygens (including phenoxy) is 4. The van der Waals surface area contributed by atoms with Gasteiger partial charge in [-0.3, -0.25) is 23.2 Å². The maximum absolute atomic E-state index is 13.4. The molecule has 0 radical (unpaired) electrons. The van der Waals surface area contributed by atoms with E-state index in [0.717, 1.165) is 62.1 Å². The molecule has 0 aromatic carbocycles. The molecule has 24 heteroatoms. The largest absolute Gasteiger partial charge is 0.481 e. The quantitative estimate of drug-likeness (QED) is 0.0281. The van der Waals surface area contributed by atoms with E-state index in [9.17, 15) is 58.8 Å². The summed E-state index contributed by atoms with van der Waals surface area (Å²) in [5.74, 6) is -2.86. The van der Waals surface area contributed by atoms with Crippen LogP contribution in [0.3, 0.4) is 0 Å². The Kier molecular flexibility index (Phi) is 30.2. The van der Waals surface area contributed by atoms with Crippen LogP contribution < -0.4 is 11.4 Å². The molecule has 22 nitrogen and oxygen atoms in total. The number of cyclic esters (lactones) is 1. The Bertz CT molecular complexity index is 1970. The molecular formula is C48H81N3O19P2. The Labute approximate surface area is 422 Å². The first kappa shape index (κ1) is 63.1. The molecule has 2 bridgehead atoms. The highest BCUT2D eigenvalue weighted by molar-refractivity contribution is 7.61. The third-order valence-electron chi connectivity index (χ3n) is 12.0. The van der Waals surface area contributed by atoms with Gasteiger partial charge in [-0.25, -0.2) is 13.9 Å². The van der Waals surface area contributed by atoms with Gasteiger partial charge in [0.2, 0.25) is 0 Å². The fourth-order valence-electron chi connectivity index (χ4n) is 7.93. The second-order valence-electron chi connectivity index (χ2n) is 18.2. The van der Waals surface area contributed by atoms with E-state index in [2.05, 4.69) is 28.4 Å². The average Bonchev–Trinajstić information content (AvgIpc) is 3.32. The minimum atomic E-state index is -5.73. The number of hydrogen-bond donors (Lipinski definition) is 8. The summed E-state index contributed by atoms with van der Waals surface area (Å²) in [7, 11) is -11.3. The van der Waals surface area contributed by atoms with E-state index in [0.29, 0.717) is 19.3 Å². The van der Waals surface area contributed by atoms with Crippen molar-refractivity contribution in [3.63, 3.8) is 0 Å². The predicted octanol–water partition coefficient (Wildman–Crippen LogP) is 6.11. The number of carbonyl (C=O) groups excluding carboxylic acids is 2. The van der Waals surface area contributed by atoms with Crippen LogP contribution in [0.25, 0.3) is 0 Å². The Hall–Kier alpha value is -3.18. The van der Waals surface area contributed by atoms with Crippen LogP contribution >= 0.6 is 15.6 Å². The zero-order valence-corrected chi connectivity index (χ0v) is 43.5. The summed E-state index contributed by atoms with van der Waals surface area (Å²) in [6, 6.07) is 1.22. The first-order valence-electron chi connectivity index (χ1n) is 25.4. The number of aliphatic hydroxyl groups is 5. The second-order valence-corrected chi connectivity index (χ2v) is 21.2. The number of unbranched alkanes of at least 4 members (excludes halogenated alkanes) is 11. The van der Waals surface area contributed by atoms with Crippen molar-refractivity contribution in [2.75, 3.05) is 25.6 Å². The number of allylic oxidation sites excluding steroid dienone is 4. The zero-order valence-electron chi connectivity index (χ0n) is 41.8. The molecule has 0 spiro atoms. The van der Waals surface area contributed by atoms with Crippen molar-refractivity contribution in [2.45, 2.75) is 204 Å². The van der Waals surface area contributed by atoms with Crippen LogP contribution in [0.5, 0.6) is 0 Å². The molecule has 3 unspecified atom stereocenters. The Balaban J connectivity index is 1.84. The lowest BCUT2D eigenvalue weighted by molar-refractivity contribution is -0.192. The van der Waals surface area contributed by atoms with E-state index in [-0.39, 0.29) is 37.9 Å². The van der Waals surface area contributed by atoms with Gasteiger partial charge in [-0.05, 0) is 63.9 Å². The van der Waals surface area contributed by atoms with Crippen molar-refractivity contribution in [1.82, 2.24) is 9.55 Å². The molecule has 412 valence electrons. The standard InChI is InChI=1S/C48H81N3O19P2/c1-3-5-7-8-9-10-11-12-13-14-15-16-21-25-42(54)64-32-36-33-65-71(60,61)70-72(62,63)66-34-40-46(58)45(57)39(28-27-35(52)23-19-6-4-2)68-44(56)31-38(53)37(24-20-17-18-22-26-43(55)67-36)47(69-40)51-30-29-41(49)50-48(51)59/h10-11,17,20,27-30,35-40,44-47,52-53,56-58H,3-9,12-16,18-19,21-26,31-34H2,1-2H3,(H,60,61)(H,62,63)(H2,49,50,59)/b11-10-,20-17?,28-27+/t35-,36+,37-,38-,39+,40+,44?,45-,46+,47+/m0/s1. The number of nitrogens with zero attached hydrogens (tertiary/aromatic N) is 2. The fourth-order valence-corrected chi connectivity index (χ4v) is 10.0. The van der Waals surface area contributed by atoms with Gasteiger partial charge >= 0.3 is 33.3 Å². The molecule has 2 aliphatic heterocycles. The van der Waals surface area contributed by atoms with Crippen LogP contribution in [0.15, 0.2) is 53.5 Å². The summed E-state index contributed by atoms with van der Waals surface area (Å²) in [4.78, 5) is 64.1. The summed E-state index contributed by atoms with van der Waals surface area (Å²) in [5.41, 5.74) is 4.75. The van der Waals surface area contributed by atoms with E-state index in [1.807, 2.05) is 6.92 Å². The summed E-state index contributed by atoms with van der Waals surface area (Å²) in [6.45, 7) is 1.40. The van der Waals surface area contributed by atoms with Crippen LogP contribution in [0.1, 0.15) is 155 Å². The number of phosphoric acid groups is 2. The smallest absolute Gasteiger partial charge is 0.462 e. The average molecular weight is 1070 g/mol. The fraction of sp³-hybridized carbons (Fsp3) is 0.750. The maximum atomic E-state index is 13.4. The van der Waals surface area contributed by atoms with Crippen molar-refractivity contribution >= 4 is 33.4 Å². The van der Waals surface area contributed by atoms with Gasteiger partial charge in [0.25, 0.3) is 0 Å². The van der Waals surface area contributed by atoms with Gasteiger partial charge in [-0.15, -0.1) is 0 Å². The minimum absolute atomic E-state index is 0.0635. The number of carbonyl (C=O) groups is 2. The lowest BCUT2D eigenvalue weighted by Gasteiger charge is -2.36. The van der Waals surface area contributed by atoms with Gasteiger partial charge in [-0.1, -0.05) is 108 Å². The van der Waals surface area contributed by atoms with Crippen molar-refractivity contribution < 1.29 is 86.3 Å². The molecule has 0 aliphatic carbocycles. The third kappa shape index (κ3) is 25.4. The molecule has 1 fully saturated rings. The van der Waals surface area contributed by atoms with Crippen LogP contribution in [-0.4, -0.2) is 126 Å². The van der Waals surface area contributed by atoms with Crippen molar-refractivity contribution in [1.29, 1.82) is 0 Å². The normalized spacial score (nSPS) is 30.5. The highest BCUT2D eigenvalue weighted by atomic mass is 31.3. The molecule has 1 saturated heterocycles. The summed E-state index contributed by atoms with van der Waals surface area (Å²) >= 11 is 0. The maximum Gasteiger partial charge on any atom is 0.481 e. The van der Waals surface area contributed by atoms with Crippen molar-refractivity contribution in [3.8, 4) is 0 Å². The van der Waals surface area contributed by atoms with Crippen LogP contribution in [0.2, 0.25) is 0 Å². The molecule has 0 saturated carbocycles. The molecule has 0 amide bonds. The highest BCUT2D eigenvalue weighted by Gasteiger charge is 2.44. The summed E-state index contributed by atoms with van der Waals surface area (Å²) in [5, 5.41) is 56.8. The molecule has 9 N–H and O–H groups in total. The molecule has 12 atom stereocenters. The number of phosphoric ester groups is 2. The lowest BCUT2D eigenvalue weighted by atomic mass is 9.92. The minimum Gasteiger partial charge on any atom is -0.462 e. The van der Waals surface area contributed by atoms with Gasteiger partial charge in [0, 0.05) is 31.4 Å². The van der Waals surface area contributed by atoms with Gasteiger partial charge in [0.15, 0.2) is 12.4 Å². The molecular weight excluding hydrogens is 984 g/mol. The highest BCUT2D eigenvalue weighted by Crippen LogP contribution is 2.60. The first-order chi connectivity index (χ1) is 34.3. The van der Waals surface area contributed by atoms with Crippen molar-refractivity contribution in [2.24, 2.45) is 5.92 Å². The van der Waals surface area contributed by atoms with Crippen LogP contribution in [-0.2, 0) is 51.0 Å². The number of nitrogen functional groups attached to an aromatic ring is 1. The SMILES string of the molecule is CCCCCC/C=C\CCCCCCCC(=O)OC[C@@H]1COP(=O)(O)OP(=O)(O)OC[C@H]2O[C@@H](n3ccc(N)nc3=O)[C@@H](CC=CCCCC(=O)O1)[C@@H](O)CC(O)O[C@H](/C=C/[C@@H](O)CCCCC)[C@H](O)[C@@H]2O. The summed E-state index contributed by atoms with van der Waals surface area (Å²) < 4.78 is 64.6. The zero-order chi connectivity index (χ0) is 52.9. The van der Waals surface area contributed by atoms with E-state index in [4.69, 9.17) is 33.7 Å². The number of rotatable bonds is 22. The van der Waals surface area contributed by atoms with Gasteiger partial charge in [-0.2, -0.15) is 9.29 Å². The number of esters is 2. The monoisotopic (exact) mass is 1070 g/mol. The Morgan fingerprint density at radius 3 is 2.24 bits per heavy atom. The van der Waals surface area contributed by atoms with Gasteiger partial charge in [0.1, 0.15) is 43.1 Å². The number of anilines is 1. The molecule has 3 heterocycles. The number of nitrogens with two attached hydrogens (primary N) is 1. The Morgan fingerprint density at radius 1 is 0.889 bits per heavy atom. The molecule has 72 heavy (non-hydrogen) atoms. The van der Waals surface area contributed by atoms with E-state index in [1.165, 1.54) is 43.9 Å². The number of aromatic nitrogens is 2. The topological polar surface area (TPSA) is 335 Å². The van der Waals surface area contributed by atoms with E-state index in [1.54, 1.807) is 12.2 Å². The summed E-state index contributed by atoms with van der Waals surface area (Å²) in [6.07, 6.45) is 9.46. The molecule has 1 aromatic heterocycles. The number of aliphatic hydroxyl groups excluding tert-OH is 5. The second kappa shape index (κ2) is 34.4. The molecule has 2 aliphatic rings. The van der Waals surface area contributed by atoms with Crippen LogP contribution in [0.4, 0.5) is 5.82 Å².